The summed E-state index contributed by atoms with van der Waals surface area (Å²) in [6, 6.07) is 11.1. The van der Waals surface area contributed by atoms with Gasteiger partial charge in [-0.3, -0.25) is 4.79 Å². The lowest BCUT2D eigenvalue weighted by molar-refractivity contribution is -0.153. The molecule has 10 heteroatoms. The summed E-state index contributed by atoms with van der Waals surface area (Å²) in [5.41, 5.74) is -0.665. The predicted octanol–water partition coefficient (Wildman–Crippen LogP) is 4.22. The topological polar surface area (TPSA) is 67.2 Å². The number of alkyl halides is 5. The molecule has 1 saturated carbocycles. The molecule has 2 aromatic carbocycles. The Bertz CT molecular complexity index is 1120. The van der Waals surface area contributed by atoms with E-state index in [2.05, 4.69) is 10.4 Å². The van der Waals surface area contributed by atoms with E-state index in [0.717, 1.165) is 24.4 Å². The lowest BCUT2D eigenvalue weighted by atomic mass is 9.80. The fraction of sp³-hybridized carbons (Fsp3) is 0.364. The Morgan fingerprint density at radius 3 is 2.62 bits per heavy atom. The van der Waals surface area contributed by atoms with E-state index in [-0.39, 0.29) is 30.3 Å². The van der Waals surface area contributed by atoms with E-state index in [0.29, 0.717) is 10.2 Å². The fourth-order valence-electron chi connectivity index (χ4n) is 3.96. The molecule has 1 amide bonds. The van der Waals surface area contributed by atoms with Crippen molar-refractivity contribution in [2.24, 2.45) is 5.92 Å². The van der Waals surface area contributed by atoms with Gasteiger partial charge >= 0.3 is 6.18 Å². The van der Waals surface area contributed by atoms with Crippen molar-refractivity contribution in [1.82, 2.24) is 15.1 Å². The number of aliphatic hydroxyl groups is 1. The summed E-state index contributed by atoms with van der Waals surface area (Å²) >= 11 is 0. The molecular formula is C22H20F5N3O2. The largest absolute Gasteiger partial charge is 0.416 e. The standard InChI is InChI=1S/C22H20F5N3O2/c23-18-14(11-28-20(32)13-4-2-1-3-5-13)8-9-21(24,19(18)31)30-12-15-6-7-16(22(25,26)27)10-17(15)29-30/h1-7,10,12,14,18-19,31H,8-9,11H2,(H,28,32)/t14-,18-,19-,21+/m1/s1. The van der Waals surface area contributed by atoms with Crippen LogP contribution in [0.1, 0.15) is 28.8 Å². The first-order valence-electron chi connectivity index (χ1n) is 10.0. The number of benzene rings is 2. The predicted molar refractivity (Wildman–Crippen MR) is 106 cm³/mol. The van der Waals surface area contributed by atoms with Crippen molar-refractivity contribution in [2.45, 2.75) is 37.1 Å². The normalized spacial score (nSPS) is 26.2. The van der Waals surface area contributed by atoms with Crippen LogP contribution in [-0.4, -0.2) is 39.6 Å². The van der Waals surface area contributed by atoms with Gasteiger partial charge in [0.15, 0.2) is 0 Å². The lowest BCUT2D eigenvalue weighted by Crippen LogP contribution is -2.54. The summed E-state index contributed by atoms with van der Waals surface area (Å²) in [7, 11) is 0. The van der Waals surface area contributed by atoms with Crippen LogP contribution in [0.15, 0.2) is 54.7 Å². The highest BCUT2D eigenvalue weighted by Crippen LogP contribution is 2.41. The van der Waals surface area contributed by atoms with Crippen molar-refractivity contribution in [3.63, 3.8) is 0 Å². The van der Waals surface area contributed by atoms with Crippen LogP contribution in [0.4, 0.5) is 22.0 Å². The number of carbonyl (C=O) groups excluding carboxylic acids is 1. The van der Waals surface area contributed by atoms with E-state index >= 15 is 4.39 Å². The van der Waals surface area contributed by atoms with E-state index in [1.165, 1.54) is 0 Å². The van der Waals surface area contributed by atoms with Crippen molar-refractivity contribution < 1.29 is 31.9 Å². The lowest BCUT2D eigenvalue weighted by Gasteiger charge is -2.40. The first-order valence-corrected chi connectivity index (χ1v) is 10.0. The van der Waals surface area contributed by atoms with E-state index in [1.807, 2.05) is 0 Å². The summed E-state index contributed by atoms with van der Waals surface area (Å²) in [4.78, 5) is 12.2. The Balaban J connectivity index is 1.49. The summed E-state index contributed by atoms with van der Waals surface area (Å²) in [5.74, 6) is -3.87. The minimum Gasteiger partial charge on any atom is -0.385 e. The average molecular weight is 453 g/mol. The molecule has 0 bridgehead atoms. The van der Waals surface area contributed by atoms with Crippen molar-refractivity contribution in [3.05, 3.63) is 65.9 Å². The second kappa shape index (κ2) is 8.16. The van der Waals surface area contributed by atoms with Gasteiger partial charge in [-0.15, -0.1) is 0 Å². The molecule has 5 nitrogen and oxygen atoms in total. The summed E-state index contributed by atoms with van der Waals surface area (Å²) < 4.78 is 70.0. The molecule has 4 atom stereocenters. The Morgan fingerprint density at radius 1 is 1.22 bits per heavy atom. The van der Waals surface area contributed by atoms with Gasteiger partial charge in [-0.1, -0.05) is 24.3 Å². The van der Waals surface area contributed by atoms with Gasteiger partial charge in [-0.05, 0) is 30.7 Å². The van der Waals surface area contributed by atoms with Crippen LogP contribution in [-0.2, 0) is 12.0 Å². The number of hydrogen-bond acceptors (Lipinski definition) is 3. The van der Waals surface area contributed by atoms with Crippen LogP contribution in [0.25, 0.3) is 10.9 Å². The number of carbonyl (C=O) groups is 1. The second-order valence-corrected chi connectivity index (χ2v) is 7.93. The van der Waals surface area contributed by atoms with Crippen molar-refractivity contribution in [3.8, 4) is 0 Å². The molecule has 0 unspecified atom stereocenters. The quantitative estimate of drug-likeness (QED) is 0.582. The number of aromatic nitrogens is 2. The van der Waals surface area contributed by atoms with Gasteiger partial charge in [-0.2, -0.15) is 18.3 Å². The molecule has 0 aliphatic heterocycles. The maximum atomic E-state index is 15.7. The Morgan fingerprint density at radius 2 is 1.94 bits per heavy atom. The number of nitrogens with zero attached hydrogens (tertiary/aromatic N) is 2. The van der Waals surface area contributed by atoms with Crippen LogP contribution in [0.5, 0.6) is 0 Å². The number of fused-ring (bicyclic) bond motifs is 1. The van der Waals surface area contributed by atoms with Crippen LogP contribution in [0.3, 0.4) is 0 Å². The summed E-state index contributed by atoms with van der Waals surface area (Å²) in [6.45, 7) is -0.0991. The smallest absolute Gasteiger partial charge is 0.385 e. The highest BCUT2D eigenvalue weighted by molar-refractivity contribution is 5.94. The minimum absolute atomic E-state index is 0.00615. The van der Waals surface area contributed by atoms with Crippen LogP contribution in [0, 0.1) is 5.92 Å². The van der Waals surface area contributed by atoms with E-state index in [1.54, 1.807) is 30.3 Å². The van der Waals surface area contributed by atoms with Gasteiger partial charge in [0.2, 0.25) is 5.79 Å². The van der Waals surface area contributed by atoms with Gasteiger partial charge in [0.05, 0.1) is 11.1 Å². The summed E-state index contributed by atoms with van der Waals surface area (Å²) in [6.07, 6.45) is -7.87. The highest BCUT2D eigenvalue weighted by Gasteiger charge is 2.52. The molecule has 4 rings (SSSR count). The molecule has 1 aliphatic carbocycles. The second-order valence-electron chi connectivity index (χ2n) is 7.93. The maximum Gasteiger partial charge on any atom is 0.416 e. The molecular weight excluding hydrogens is 433 g/mol. The third-order valence-electron chi connectivity index (χ3n) is 5.85. The van der Waals surface area contributed by atoms with Gasteiger partial charge < -0.3 is 10.4 Å². The van der Waals surface area contributed by atoms with Gasteiger partial charge in [-0.25, -0.2) is 13.5 Å². The number of halogens is 5. The fourth-order valence-corrected chi connectivity index (χ4v) is 3.96. The number of amides is 1. The molecule has 0 spiro atoms. The Labute approximate surface area is 179 Å². The van der Waals surface area contributed by atoms with E-state index < -0.39 is 41.6 Å². The molecule has 0 radical (unpaired) electrons. The zero-order valence-electron chi connectivity index (χ0n) is 16.7. The van der Waals surface area contributed by atoms with E-state index in [9.17, 15) is 27.5 Å². The first kappa shape index (κ1) is 22.2. The van der Waals surface area contributed by atoms with Gasteiger partial charge in [0.25, 0.3) is 5.91 Å². The SMILES string of the molecule is O=C(NC[C@H]1CC[C@](F)(n2cc3ccc(C(F)(F)F)cc3n2)[C@H](O)[C@@H]1F)c1ccccc1. The minimum atomic E-state index is -4.59. The molecule has 0 saturated heterocycles. The number of hydrogen-bond donors (Lipinski definition) is 2. The van der Waals surface area contributed by atoms with Gasteiger partial charge in [0, 0.05) is 36.0 Å². The van der Waals surface area contributed by atoms with E-state index in [4.69, 9.17) is 0 Å². The molecule has 1 fully saturated rings. The van der Waals surface area contributed by atoms with Gasteiger partial charge in [0.1, 0.15) is 12.3 Å². The molecule has 1 heterocycles. The zero-order chi connectivity index (χ0) is 23.1. The summed E-state index contributed by atoms with van der Waals surface area (Å²) in [5, 5.41) is 17.1. The Kier molecular flexibility index (Phi) is 5.66. The van der Waals surface area contributed by atoms with Crippen molar-refractivity contribution in [1.29, 1.82) is 0 Å². The molecule has 3 aromatic rings. The molecule has 170 valence electrons. The molecule has 1 aromatic heterocycles. The average Bonchev–Trinajstić information content (AvgIpc) is 3.21. The van der Waals surface area contributed by atoms with Crippen LogP contribution in [0.2, 0.25) is 0 Å². The van der Waals surface area contributed by atoms with Crippen LogP contribution >= 0.6 is 0 Å². The molecule has 1 aliphatic rings. The Hall–Kier alpha value is -3.01. The number of nitrogens with one attached hydrogen (secondary N) is 1. The maximum absolute atomic E-state index is 15.7. The monoisotopic (exact) mass is 453 g/mol. The third kappa shape index (κ3) is 4.06. The number of aliphatic hydroxyl groups excluding tert-OH is 1. The molecule has 32 heavy (non-hydrogen) atoms. The highest BCUT2D eigenvalue weighted by atomic mass is 19.4. The first-order chi connectivity index (χ1) is 15.1. The number of rotatable bonds is 4. The van der Waals surface area contributed by atoms with Crippen LogP contribution < -0.4 is 5.32 Å². The van der Waals surface area contributed by atoms with Crippen molar-refractivity contribution >= 4 is 16.8 Å². The zero-order valence-corrected chi connectivity index (χ0v) is 16.7. The molecule has 2 N–H and O–H groups in total. The third-order valence-corrected chi connectivity index (χ3v) is 5.85. The van der Waals surface area contributed by atoms with Crippen molar-refractivity contribution in [2.75, 3.05) is 6.54 Å².